The van der Waals surface area contributed by atoms with Crippen molar-refractivity contribution in [2.24, 2.45) is 82.3 Å². The third-order valence-corrected chi connectivity index (χ3v) is 25.7. The van der Waals surface area contributed by atoms with Gasteiger partial charge in [-0.15, -0.1) is 0 Å². The SMILES string of the molecule is CC(C)n1c(/C=C/[C@@H](O)C[C@@H](O)CC(=O)O)c(-c2ccc(F)cc2)c2ccccc21.CCC(C)(C)C(=O)O[C@H]1C[C@@H](C)C=C2C=C[C@H](C)[C@H](CC[C@@H]3C[C@@H](O)CC(=O)O3)[C@H]21.CCC(C)C(=O)O[C@H]1C[C@@H](C)C=C2C=C[C@H](C)[C@H](CC[C@@H]3C[C@@H](O)CC(=O)O3)[C@H]21.CC[C@H](C)C(=O)O[C@H]1C[C@H](O)C=C2C=C[C@H](C)[C@H](CC[C@@H](O)C[C@@H](O)CC(=O)O)[C@H]21. The van der Waals surface area contributed by atoms with Crippen LogP contribution in [0.3, 0.4) is 0 Å². The van der Waals surface area contributed by atoms with Crippen molar-refractivity contribution in [3.05, 3.63) is 138 Å². The van der Waals surface area contributed by atoms with Crippen LogP contribution in [-0.4, -0.2) is 166 Å². The Bertz CT molecular complexity index is 4110. The first kappa shape index (κ1) is 96.6. The molecule has 2 aliphatic heterocycles. The molecule has 22 nitrogen and oxygen atoms in total. The number of cyclic esters (lactones) is 2. The monoisotopic (exact) mass is 1660 g/mol. The van der Waals surface area contributed by atoms with Gasteiger partial charge in [0, 0.05) is 71.6 Å². The normalized spacial score (nSPS) is 29.8. The van der Waals surface area contributed by atoms with E-state index in [2.05, 4.69) is 95.6 Å². The van der Waals surface area contributed by atoms with Gasteiger partial charge in [-0.3, -0.25) is 33.6 Å². The van der Waals surface area contributed by atoms with Gasteiger partial charge in [0.2, 0.25) is 0 Å². The minimum atomic E-state index is -1.13. The zero-order valence-electron chi connectivity index (χ0n) is 72.4. The number of aliphatic hydroxyl groups is 7. The van der Waals surface area contributed by atoms with Crippen LogP contribution in [0.25, 0.3) is 28.1 Å². The Morgan fingerprint density at radius 2 is 1.02 bits per heavy atom. The average molecular weight is 1660 g/mol. The van der Waals surface area contributed by atoms with Gasteiger partial charge >= 0.3 is 41.8 Å². The molecule has 0 bridgehead atoms. The highest BCUT2D eigenvalue weighted by atomic mass is 19.1. The molecule has 6 aliphatic carbocycles. The molecule has 0 radical (unpaired) electrons. The van der Waals surface area contributed by atoms with Crippen LogP contribution in [-0.2, 0) is 57.2 Å². The number of nitrogens with zero attached hydrogens (tertiary/aromatic N) is 1. The Morgan fingerprint density at radius 3 is 1.47 bits per heavy atom. The summed E-state index contributed by atoms with van der Waals surface area (Å²) < 4.78 is 44.6. The lowest BCUT2D eigenvalue weighted by atomic mass is 9.65. The molecule has 1 unspecified atom stereocenters. The van der Waals surface area contributed by atoms with E-state index in [1.54, 1.807) is 24.3 Å². The molecule has 3 aromatic rings. The zero-order chi connectivity index (χ0) is 87.4. The zero-order valence-corrected chi connectivity index (χ0v) is 72.4. The number of carbonyl (C=O) groups excluding carboxylic acids is 5. The summed E-state index contributed by atoms with van der Waals surface area (Å²) in [5.41, 5.74) is 6.67. The molecule has 0 spiro atoms. The number of hydrogen-bond acceptors (Lipinski definition) is 19. The van der Waals surface area contributed by atoms with Crippen molar-refractivity contribution in [1.29, 1.82) is 0 Å². The molecule has 3 heterocycles. The highest BCUT2D eigenvalue weighted by Crippen LogP contribution is 2.49. The topological polar surface area (TPSA) is 353 Å². The standard InChI is InChI=1S/C25H38O5.C24H26FNO4.C24H36O5.C23H36O7/c1-6-25(4,5)24(28)30-21-12-15(2)11-17-8-7-16(3)20(23(17)21)10-9-19-13-18(26)14-22(27)29-19;1-15(2)26-21-6-4-3-5-20(21)24(16-7-9-17(25)10-8-16)22(26)12-11-18(27)13-19(28)14-23(29)30;1-5-15(3)24(27)29-21-11-14(2)10-17-7-6-16(4)20(23(17)21)9-8-19-12-18(25)13-22(26)28-19;1-4-13(2)23(29)30-20-11-17(25)9-15-6-5-14(3)19(22(15)20)8-7-16(24)10-18(26)12-21(27)28/h7-8,11,15-16,18-21,23,26H,6,9-10,12-14H2,1-5H3;3-12,15,18-19,27-28H,13-14H2,1-2H3,(H,29,30);6-7,10,14-16,18-21,23,25H,5,8-9,11-13H2,1-4H3;5-6,9,13-14,16-20,22,24-26H,4,7-8,10-12H2,1-3H3,(H,27,28)/b;12-11+;;/t15-,16-,18+,19+,20-,21-,23-;18-,19-;14-,15?,16-,18+,19+,20-,21-,23-;13-,14-,16+,17+,18+,19-,20-,22-/m0100/s1. The van der Waals surface area contributed by atoms with E-state index < -0.39 is 72.6 Å². The number of rotatable bonds is 30. The van der Waals surface area contributed by atoms with Crippen LogP contribution in [0.1, 0.15) is 237 Å². The van der Waals surface area contributed by atoms with Crippen LogP contribution < -0.4 is 0 Å². The molecule has 23 heteroatoms. The molecule has 11 rings (SSSR count). The number of carbonyl (C=O) groups is 7. The Morgan fingerprint density at radius 1 is 0.571 bits per heavy atom. The summed E-state index contributed by atoms with van der Waals surface area (Å²) in [5, 5.41) is 88.7. The van der Waals surface area contributed by atoms with E-state index in [9.17, 15) is 73.7 Å². The quantitative estimate of drug-likeness (QED) is 0.0221. The van der Waals surface area contributed by atoms with Crippen molar-refractivity contribution in [1.82, 2.24) is 4.57 Å². The highest BCUT2D eigenvalue weighted by Gasteiger charge is 2.47. The Balaban J connectivity index is 0.000000198. The van der Waals surface area contributed by atoms with E-state index in [1.807, 2.05) is 84.9 Å². The van der Waals surface area contributed by atoms with Crippen molar-refractivity contribution in [3.63, 3.8) is 0 Å². The van der Waals surface area contributed by atoms with Gasteiger partial charge in [-0.1, -0.05) is 160 Å². The van der Waals surface area contributed by atoms with Gasteiger partial charge < -0.3 is 74.2 Å². The van der Waals surface area contributed by atoms with Crippen LogP contribution in [0.15, 0.2) is 126 Å². The van der Waals surface area contributed by atoms with Gasteiger partial charge in [-0.2, -0.15) is 0 Å². The summed E-state index contributed by atoms with van der Waals surface area (Å²) in [7, 11) is 0. The third-order valence-electron chi connectivity index (χ3n) is 25.7. The van der Waals surface area contributed by atoms with E-state index in [0.29, 0.717) is 74.0 Å². The lowest BCUT2D eigenvalue weighted by Gasteiger charge is -2.44. The van der Waals surface area contributed by atoms with Crippen LogP contribution in [0.2, 0.25) is 0 Å². The predicted molar refractivity (Wildman–Crippen MR) is 453 cm³/mol. The Labute approximate surface area is 703 Å². The van der Waals surface area contributed by atoms with Crippen LogP contribution >= 0.6 is 0 Å². The summed E-state index contributed by atoms with van der Waals surface area (Å²) in [6.45, 7) is 28.6. The summed E-state index contributed by atoms with van der Waals surface area (Å²) >= 11 is 0. The van der Waals surface area contributed by atoms with Gasteiger partial charge in [-0.05, 0) is 199 Å². The number of hydrogen-bond donors (Lipinski definition) is 9. The number of aliphatic carboxylic acids is 2. The number of ether oxygens (including phenoxy) is 5. The van der Waals surface area contributed by atoms with E-state index in [4.69, 9.17) is 33.9 Å². The first-order valence-corrected chi connectivity index (χ1v) is 43.8. The minimum absolute atomic E-state index is 0.0156. The molecule has 0 amide bonds. The van der Waals surface area contributed by atoms with Gasteiger partial charge in [0.05, 0.1) is 85.7 Å². The van der Waals surface area contributed by atoms with Crippen molar-refractivity contribution < 1.29 is 108 Å². The molecule has 2 fully saturated rings. The molecule has 1 aromatic heterocycles. The summed E-state index contributed by atoms with van der Waals surface area (Å²) in [5.74, 6) is -1.21. The van der Waals surface area contributed by atoms with E-state index >= 15 is 0 Å². The number of esters is 5. The van der Waals surface area contributed by atoms with Crippen molar-refractivity contribution in [2.75, 3.05) is 0 Å². The van der Waals surface area contributed by atoms with Crippen molar-refractivity contribution in [3.8, 4) is 11.1 Å². The average Bonchev–Trinajstić information content (AvgIpc) is 1.62. The van der Waals surface area contributed by atoms with Gasteiger partial charge in [0.15, 0.2) is 0 Å². The second kappa shape index (κ2) is 44.8. The second-order valence-corrected chi connectivity index (χ2v) is 36.1. The molecule has 2 saturated heterocycles. The van der Waals surface area contributed by atoms with E-state index in [0.717, 1.165) is 84.7 Å². The Kier molecular flexibility index (Phi) is 36.3. The number of allylic oxidation sites excluding steroid dienone is 8. The highest BCUT2D eigenvalue weighted by molar-refractivity contribution is 6.01. The number of carboxylic acids is 2. The van der Waals surface area contributed by atoms with Crippen molar-refractivity contribution in [2.45, 2.75) is 305 Å². The molecular weight excluding hydrogens is 1520 g/mol. The first-order chi connectivity index (χ1) is 56.3. The van der Waals surface area contributed by atoms with Crippen LogP contribution in [0.5, 0.6) is 0 Å². The van der Waals surface area contributed by atoms with Gasteiger partial charge in [-0.25, -0.2) is 4.39 Å². The fourth-order valence-electron chi connectivity index (χ4n) is 18.4. The number of para-hydroxylation sites is 1. The number of aliphatic hydroxyl groups excluding tert-OH is 7. The van der Waals surface area contributed by atoms with Gasteiger partial charge in [0.1, 0.15) is 36.3 Å². The summed E-state index contributed by atoms with van der Waals surface area (Å²) in [6, 6.07) is 14.4. The van der Waals surface area contributed by atoms with E-state index in [-0.39, 0.29) is 140 Å². The smallest absolute Gasteiger partial charge is 0.311 e. The predicted octanol–water partition coefficient (Wildman–Crippen LogP) is 15.8. The van der Waals surface area contributed by atoms with Crippen LogP contribution in [0, 0.1) is 88.2 Å². The number of aromatic nitrogens is 1. The molecule has 9 N–H and O–H groups in total. The number of halogens is 1. The number of fused-ring (bicyclic) bond motifs is 4. The molecule has 0 saturated carbocycles. The summed E-state index contributed by atoms with van der Waals surface area (Å²) in [6.07, 6.45) is 24.7. The lowest BCUT2D eigenvalue weighted by Crippen LogP contribution is -2.43. The lowest BCUT2D eigenvalue weighted by molar-refractivity contribution is -0.166. The van der Waals surface area contributed by atoms with Gasteiger partial charge in [0.25, 0.3) is 0 Å². The first-order valence-electron chi connectivity index (χ1n) is 43.8. The van der Waals surface area contributed by atoms with Crippen LogP contribution in [0.4, 0.5) is 4.39 Å². The fraction of sp³-hybridized carbons (Fsp3) is 0.635. The number of benzene rings is 2. The largest absolute Gasteiger partial charge is 0.481 e. The minimum Gasteiger partial charge on any atom is -0.481 e. The van der Waals surface area contributed by atoms with E-state index in [1.165, 1.54) is 23.3 Å². The Hall–Kier alpha value is -7.90. The maximum absolute atomic E-state index is 13.5. The molecule has 8 aliphatic rings. The fourth-order valence-corrected chi connectivity index (χ4v) is 18.4. The third kappa shape index (κ3) is 27.3. The number of carboxylic acid groups (broad SMARTS) is 2. The molecule has 658 valence electrons. The summed E-state index contributed by atoms with van der Waals surface area (Å²) in [4.78, 5) is 82.6. The molecule has 2 aromatic carbocycles. The maximum Gasteiger partial charge on any atom is 0.311 e. The molecular formula is C96H136FNO21. The van der Waals surface area contributed by atoms with Crippen molar-refractivity contribution >= 4 is 58.8 Å². The molecule has 25 atom stereocenters. The second-order valence-electron chi connectivity index (χ2n) is 36.1. The maximum atomic E-state index is 13.5. The molecule has 119 heavy (non-hydrogen) atoms.